The van der Waals surface area contributed by atoms with Crippen LogP contribution in [0, 0.1) is 6.92 Å². The van der Waals surface area contributed by atoms with Crippen LogP contribution >= 0.6 is 23.4 Å². The van der Waals surface area contributed by atoms with Gasteiger partial charge in [0.2, 0.25) is 0 Å². The van der Waals surface area contributed by atoms with Crippen LogP contribution in [0.4, 0.5) is 0 Å². The number of aryl methyl sites for hydroxylation is 1. The van der Waals surface area contributed by atoms with Gasteiger partial charge in [-0.15, -0.1) is 0 Å². The number of carbonyl (C=O) groups excluding carboxylic acids is 1. The maximum atomic E-state index is 13.2. The van der Waals surface area contributed by atoms with E-state index in [-0.39, 0.29) is 17.2 Å². The Morgan fingerprint density at radius 3 is 2.59 bits per heavy atom. The third-order valence-corrected chi connectivity index (χ3v) is 5.93. The lowest BCUT2D eigenvalue weighted by Gasteiger charge is -2.13. The number of hydrogen-bond acceptors (Lipinski definition) is 5. The largest absolute Gasteiger partial charge is 0.272 e. The van der Waals surface area contributed by atoms with Crippen molar-refractivity contribution in [1.82, 2.24) is 15.0 Å². The molecule has 3 aromatic carbocycles. The second-order valence-electron chi connectivity index (χ2n) is 6.97. The molecule has 0 unspecified atom stereocenters. The Kier molecular flexibility index (Phi) is 6.68. The summed E-state index contributed by atoms with van der Waals surface area (Å²) in [5.74, 6) is -0.256. The highest BCUT2D eigenvalue weighted by atomic mass is 35.5. The number of hydrogen-bond donors (Lipinski definition) is 1. The molecule has 0 fully saturated rings. The zero-order valence-electron chi connectivity index (χ0n) is 17.2. The lowest BCUT2D eigenvalue weighted by atomic mass is 10.1. The van der Waals surface area contributed by atoms with Gasteiger partial charge in [-0.2, -0.15) is 5.10 Å². The van der Waals surface area contributed by atoms with Gasteiger partial charge in [-0.25, -0.2) is 10.4 Å². The SMILES string of the molecule is Cc1ccccc1/C=N/NC(=O)CSc1nc2ccccc2c(=O)n1-c1ccc(Cl)cc1. The number of carbonyl (C=O) groups is 1. The molecule has 0 atom stereocenters. The minimum atomic E-state index is -0.301. The molecule has 0 bridgehead atoms. The normalized spacial score (nSPS) is 11.2. The predicted octanol–water partition coefficient (Wildman–Crippen LogP) is 4.59. The van der Waals surface area contributed by atoms with Crippen LogP contribution in [0.5, 0.6) is 0 Å². The number of para-hydroxylation sites is 1. The first kappa shape index (κ1) is 21.8. The van der Waals surface area contributed by atoms with Gasteiger partial charge in [0.1, 0.15) is 0 Å². The number of aromatic nitrogens is 2. The molecule has 0 saturated carbocycles. The molecule has 1 amide bonds. The van der Waals surface area contributed by atoms with Crippen molar-refractivity contribution < 1.29 is 4.79 Å². The number of hydrazone groups is 1. The van der Waals surface area contributed by atoms with Gasteiger partial charge in [0.05, 0.1) is 28.6 Å². The van der Waals surface area contributed by atoms with Crippen molar-refractivity contribution in [3.63, 3.8) is 0 Å². The van der Waals surface area contributed by atoms with Gasteiger partial charge < -0.3 is 0 Å². The highest BCUT2D eigenvalue weighted by Crippen LogP contribution is 2.22. The first-order valence-corrected chi connectivity index (χ1v) is 11.2. The van der Waals surface area contributed by atoms with E-state index in [1.54, 1.807) is 48.7 Å². The summed E-state index contributed by atoms with van der Waals surface area (Å²) in [6, 6.07) is 21.8. The molecule has 0 radical (unpaired) electrons. The van der Waals surface area contributed by atoms with Crippen LogP contribution in [0.15, 0.2) is 87.8 Å². The Morgan fingerprint density at radius 2 is 1.81 bits per heavy atom. The number of fused-ring (bicyclic) bond motifs is 1. The lowest BCUT2D eigenvalue weighted by molar-refractivity contribution is -0.118. The van der Waals surface area contributed by atoms with Crippen molar-refractivity contribution in [3.05, 3.63) is 99.3 Å². The van der Waals surface area contributed by atoms with Crippen LogP contribution in [0.2, 0.25) is 5.02 Å². The van der Waals surface area contributed by atoms with Crippen LogP contribution in [0.1, 0.15) is 11.1 Å². The van der Waals surface area contributed by atoms with Gasteiger partial charge in [-0.05, 0) is 54.4 Å². The van der Waals surface area contributed by atoms with Crippen LogP contribution in [-0.2, 0) is 4.79 Å². The van der Waals surface area contributed by atoms with Gasteiger partial charge in [0.25, 0.3) is 11.5 Å². The zero-order valence-corrected chi connectivity index (χ0v) is 18.7. The van der Waals surface area contributed by atoms with E-state index >= 15 is 0 Å². The molecule has 1 aromatic heterocycles. The van der Waals surface area contributed by atoms with Gasteiger partial charge in [0, 0.05) is 5.02 Å². The molecule has 0 aliphatic rings. The fourth-order valence-corrected chi connectivity index (χ4v) is 4.03. The van der Waals surface area contributed by atoms with Crippen molar-refractivity contribution in [2.24, 2.45) is 5.10 Å². The zero-order chi connectivity index (χ0) is 22.5. The van der Waals surface area contributed by atoms with Crippen molar-refractivity contribution in [2.75, 3.05) is 5.75 Å². The Morgan fingerprint density at radius 1 is 1.09 bits per heavy atom. The van der Waals surface area contributed by atoms with E-state index < -0.39 is 0 Å². The Hall–Kier alpha value is -3.42. The van der Waals surface area contributed by atoms with Gasteiger partial charge in [-0.1, -0.05) is 59.8 Å². The molecule has 0 aliphatic heterocycles. The van der Waals surface area contributed by atoms with Gasteiger partial charge in [0.15, 0.2) is 5.16 Å². The summed E-state index contributed by atoms with van der Waals surface area (Å²) < 4.78 is 1.49. The smallest absolute Gasteiger partial charge is 0.266 e. The third-order valence-electron chi connectivity index (χ3n) is 4.74. The number of thioether (sulfide) groups is 1. The van der Waals surface area contributed by atoms with Crippen LogP contribution in [0.25, 0.3) is 16.6 Å². The fraction of sp³-hybridized carbons (Fsp3) is 0.0833. The molecule has 0 aliphatic carbocycles. The standard InChI is InChI=1S/C24H19ClN4O2S/c1-16-6-2-3-7-17(16)14-26-28-22(30)15-32-24-27-21-9-5-4-8-20(21)23(31)29(24)19-12-10-18(25)11-13-19/h2-14H,15H2,1H3,(H,28,30)/b26-14+. The summed E-state index contributed by atoms with van der Waals surface area (Å²) in [5, 5.41) is 5.51. The highest BCUT2D eigenvalue weighted by molar-refractivity contribution is 7.99. The van der Waals surface area contributed by atoms with Crippen molar-refractivity contribution in [3.8, 4) is 5.69 Å². The predicted molar refractivity (Wildman–Crippen MR) is 130 cm³/mol. The van der Waals surface area contributed by atoms with E-state index in [2.05, 4.69) is 15.5 Å². The Balaban J connectivity index is 1.57. The molecule has 4 aromatic rings. The number of nitrogens with zero attached hydrogens (tertiary/aromatic N) is 3. The number of rotatable bonds is 6. The molecular formula is C24H19ClN4O2S. The maximum absolute atomic E-state index is 13.2. The van der Waals surface area contributed by atoms with E-state index in [1.807, 2.05) is 37.3 Å². The average molecular weight is 463 g/mol. The Labute approximate surface area is 194 Å². The Bertz CT molecular complexity index is 1370. The third kappa shape index (κ3) is 4.90. The van der Waals surface area contributed by atoms with Gasteiger partial charge >= 0.3 is 0 Å². The summed E-state index contributed by atoms with van der Waals surface area (Å²) in [4.78, 5) is 30.2. The molecule has 8 heteroatoms. The van der Waals surface area contributed by atoms with E-state index in [1.165, 1.54) is 16.3 Å². The van der Waals surface area contributed by atoms with Crippen LogP contribution in [0.3, 0.4) is 0 Å². The maximum Gasteiger partial charge on any atom is 0.266 e. The second-order valence-corrected chi connectivity index (χ2v) is 8.35. The van der Waals surface area contributed by atoms with Crippen molar-refractivity contribution in [2.45, 2.75) is 12.1 Å². The molecule has 0 saturated heterocycles. The lowest BCUT2D eigenvalue weighted by Crippen LogP contribution is -2.24. The van der Waals surface area contributed by atoms with E-state index in [0.29, 0.717) is 26.8 Å². The first-order valence-electron chi connectivity index (χ1n) is 9.81. The van der Waals surface area contributed by atoms with Crippen LogP contribution in [-0.4, -0.2) is 27.4 Å². The molecule has 32 heavy (non-hydrogen) atoms. The van der Waals surface area contributed by atoms with E-state index in [9.17, 15) is 9.59 Å². The van der Waals surface area contributed by atoms with E-state index in [4.69, 9.17) is 11.6 Å². The van der Waals surface area contributed by atoms with Crippen molar-refractivity contribution in [1.29, 1.82) is 0 Å². The minimum Gasteiger partial charge on any atom is -0.272 e. The topological polar surface area (TPSA) is 76.3 Å². The number of nitrogens with one attached hydrogen (secondary N) is 1. The summed E-state index contributed by atoms with van der Waals surface area (Å²) in [7, 11) is 0. The summed E-state index contributed by atoms with van der Waals surface area (Å²) in [5.41, 5.74) is 5.50. The number of halogens is 1. The molecule has 160 valence electrons. The monoisotopic (exact) mass is 462 g/mol. The molecular weight excluding hydrogens is 444 g/mol. The number of amides is 1. The minimum absolute atomic E-state index is 0.0451. The highest BCUT2D eigenvalue weighted by Gasteiger charge is 2.14. The molecule has 1 heterocycles. The summed E-state index contributed by atoms with van der Waals surface area (Å²) >= 11 is 7.17. The summed E-state index contributed by atoms with van der Waals surface area (Å²) in [6.07, 6.45) is 1.61. The van der Waals surface area contributed by atoms with Crippen LogP contribution < -0.4 is 11.0 Å². The molecule has 6 nitrogen and oxygen atoms in total. The average Bonchev–Trinajstić information content (AvgIpc) is 2.80. The molecule has 0 spiro atoms. The quantitative estimate of drug-likeness (QED) is 0.197. The number of benzene rings is 3. The van der Waals surface area contributed by atoms with Crippen molar-refractivity contribution >= 4 is 46.4 Å². The first-order chi connectivity index (χ1) is 15.5. The summed E-state index contributed by atoms with van der Waals surface area (Å²) in [6.45, 7) is 1.97. The second kappa shape index (κ2) is 9.80. The molecule has 1 N–H and O–H groups in total. The van der Waals surface area contributed by atoms with E-state index in [0.717, 1.165) is 11.1 Å². The molecule has 4 rings (SSSR count). The van der Waals surface area contributed by atoms with Gasteiger partial charge in [-0.3, -0.25) is 14.2 Å². The fourth-order valence-electron chi connectivity index (χ4n) is 3.09.